The van der Waals surface area contributed by atoms with E-state index in [9.17, 15) is 0 Å². The molecule has 0 radical (unpaired) electrons. The summed E-state index contributed by atoms with van der Waals surface area (Å²) in [6, 6.07) is 0.178. The first kappa shape index (κ1) is 14.9. The Hall–Kier alpha value is -0.160. The molecule has 0 aromatic carbocycles. The molecule has 3 N–H and O–H groups in total. The fraction of sp³-hybridized carbons (Fsp3) is 1.00. The zero-order chi connectivity index (χ0) is 12.7. The Morgan fingerprint density at radius 3 is 2.53 bits per heavy atom. The third kappa shape index (κ3) is 3.41. The van der Waals surface area contributed by atoms with Crippen molar-refractivity contribution in [1.82, 2.24) is 5.43 Å². The monoisotopic (exact) mass is 244 g/mol. The second-order valence-corrected chi connectivity index (χ2v) is 4.83. The molecule has 0 amide bonds. The first-order chi connectivity index (χ1) is 8.24. The van der Waals surface area contributed by atoms with Crippen LogP contribution in [0.4, 0.5) is 0 Å². The molecule has 1 aliphatic rings. The highest BCUT2D eigenvalue weighted by Gasteiger charge is 2.41. The van der Waals surface area contributed by atoms with Gasteiger partial charge in [0.15, 0.2) is 0 Å². The van der Waals surface area contributed by atoms with Gasteiger partial charge in [0.25, 0.3) is 0 Å². The van der Waals surface area contributed by atoms with E-state index in [0.717, 1.165) is 39.1 Å². The van der Waals surface area contributed by atoms with Gasteiger partial charge >= 0.3 is 0 Å². The summed E-state index contributed by atoms with van der Waals surface area (Å²) in [5.74, 6) is 6.24. The van der Waals surface area contributed by atoms with Gasteiger partial charge in [0.05, 0.1) is 18.2 Å². The van der Waals surface area contributed by atoms with E-state index in [1.54, 1.807) is 0 Å². The van der Waals surface area contributed by atoms with Crippen molar-refractivity contribution >= 4 is 0 Å². The first-order valence-corrected chi connectivity index (χ1v) is 6.91. The van der Waals surface area contributed by atoms with Gasteiger partial charge in [0, 0.05) is 19.1 Å². The van der Waals surface area contributed by atoms with E-state index in [2.05, 4.69) is 19.3 Å². The van der Waals surface area contributed by atoms with Crippen LogP contribution in [0.2, 0.25) is 0 Å². The molecule has 0 aliphatic carbocycles. The largest absolute Gasteiger partial charge is 0.381 e. The summed E-state index contributed by atoms with van der Waals surface area (Å²) in [6.45, 7) is 8.80. The molecular weight excluding hydrogens is 216 g/mol. The maximum Gasteiger partial charge on any atom is 0.0846 e. The number of hydrazine groups is 1. The van der Waals surface area contributed by atoms with E-state index in [1.165, 1.54) is 6.42 Å². The third-order valence-electron chi connectivity index (χ3n) is 4.04. The number of ether oxygens (including phenoxy) is 2. The molecule has 1 saturated heterocycles. The molecule has 102 valence electrons. The van der Waals surface area contributed by atoms with Crippen LogP contribution in [0.3, 0.4) is 0 Å². The highest BCUT2D eigenvalue weighted by atomic mass is 16.5. The maximum atomic E-state index is 6.04. The molecule has 17 heavy (non-hydrogen) atoms. The summed E-state index contributed by atoms with van der Waals surface area (Å²) in [4.78, 5) is 0. The summed E-state index contributed by atoms with van der Waals surface area (Å²) in [5.41, 5.74) is 2.84. The van der Waals surface area contributed by atoms with E-state index >= 15 is 0 Å². The zero-order valence-electron chi connectivity index (χ0n) is 11.5. The predicted octanol–water partition coefficient (Wildman–Crippen LogP) is 1.84. The van der Waals surface area contributed by atoms with Crippen molar-refractivity contribution in [2.75, 3.05) is 19.8 Å². The molecule has 0 saturated carbocycles. The fourth-order valence-corrected chi connectivity index (χ4v) is 3.02. The van der Waals surface area contributed by atoms with Gasteiger partial charge in [0.1, 0.15) is 0 Å². The number of nitrogens with two attached hydrogens (primary N) is 1. The molecule has 0 aromatic rings. The average molecular weight is 244 g/mol. The van der Waals surface area contributed by atoms with Gasteiger partial charge < -0.3 is 9.47 Å². The predicted molar refractivity (Wildman–Crippen MR) is 69.6 cm³/mol. The average Bonchev–Trinajstić information content (AvgIpc) is 2.39. The van der Waals surface area contributed by atoms with E-state index in [4.69, 9.17) is 15.3 Å². The van der Waals surface area contributed by atoms with Gasteiger partial charge in [-0.1, -0.05) is 13.8 Å². The quantitative estimate of drug-likeness (QED) is 0.530. The second-order valence-electron chi connectivity index (χ2n) is 4.83. The SMILES string of the molecule is CCOC(CC)(CC)C(NN)C1CCCOC1. The summed E-state index contributed by atoms with van der Waals surface area (Å²) in [5, 5.41) is 0. The van der Waals surface area contributed by atoms with Crippen LogP contribution in [-0.4, -0.2) is 31.5 Å². The summed E-state index contributed by atoms with van der Waals surface area (Å²) >= 11 is 0. The fourth-order valence-electron chi connectivity index (χ4n) is 3.02. The third-order valence-corrected chi connectivity index (χ3v) is 4.04. The number of hydrogen-bond donors (Lipinski definition) is 2. The summed E-state index contributed by atoms with van der Waals surface area (Å²) in [6.07, 6.45) is 4.24. The Balaban J connectivity index is 2.78. The lowest BCUT2D eigenvalue weighted by Gasteiger charge is -2.44. The Labute approximate surface area is 105 Å². The van der Waals surface area contributed by atoms with Gasteiger partial charge in [-0.2, -0.15) is 0 Å². The minimum Gasteiger partial charge on any atom is -0.381 e. The maximum absolute atomic E-state index is 6.04. The van der Waals surface area contributed by atoms with Crippen LogP contribution < -0.4 is 11.3 Å². The first-order valence-electron chi connectivity index (χ1n) is 6.91. The van der Waals surface area contributed by atoms with Crippen LogP contribution in [0.1, 0.15) is 46.5 Å². The molecule has 1 fully saturated rings. The number of hydrogen-bond acceptors (Lipinski definition) is 4. The molecule has 2 unspecified atom stereocenters. The Morgan fingerprint density at radius 2 is 2.12 bits per heavy atom. The van der Waals surface area contributed by atoms with Crippen molar-refractivity contribution in [1.29, 1.82) is 0 Å². The van der Waals surface area contributed by atoms with E-state index < -0.39 is 0 Å². The number of rotatable bonds is 7. The molecule has 1 aliphatic heterocycles. The lowest BCUT2D eigenvalue weighted by atomic mass is 9.78. The topological polar surface area (TPSA) is 56.5 Å². The lowest BCUT2D eigenvalue weighted by Crippen LogP contribution is -2.59. The Bertz CT molecular complexity index is 202. The molecule has 1 rings (SSSR count). The van der Waals surface area contributed by atoms with E-state index in [0.29, 0.717) is 5.92 Å². The van der Waals surface area contributed by atoms with Crippen molar-refractivity contribution in [3.05, 3.63) is 0 Å². The minimum atomic E-state index is -0.158. The van der Waals surface area contributed by atoms with Gasteiger partial charge in [-0.25, -0.2) is 0 Å². The van der Waals surface area contributed by atoms with Crippen LogP contribution in [0.25, 0.3) is 0 Å². The van der Waals surface area contributed by atoms with Gasteiger partial charge in [-0.15, -0.1) is 0 Å². The van der Waals surface area contributed by atoms with Gasteiger partial charge in [-0.05, 0) is 32.6 Å². The van der Waals surface area contributed by atoms with Gasteiger partial charge in [0.2, 0.25) is 0 Å². The molecule has 4 heteroatoms. The highest BCUT2D eigenvalue weighted by Crippen LogP contribution is 2.32. The van der Waals surface area contributed by atoms with E-state index in [-0.39, 0.29) is 11.6 Å². The smallest absolute Gasteiger partial charge is 0.0846 e. The number of nitrogens with one attached hydrogen (secondary N) is 1. The summed E-state index contributed by atoms with van der Waals surface area (Å²) in [7, 11) is 0. The van der Waals surface area contributed by atoms with Crippen molar-refractivity contribution in [2.45, 2.75) is 58.1 Å². The normalized spacial score (nSPS) is 23.6. The zero-order valence-corrected chi connectivity index (χ0v) is 11.5. The van der Waals surface area contributed by atoms with Crippen molar-refractivity contribution in [2.24, 2.45) is 11.8 Å². The molecule has 0 bridgehead atoms. The highest BCUT2D eigenvalue weighted by molar-refractivity contribution is 4.95. The molecule has 1 heterocycles. The molecule has 0 aromatic heterocycles. The second kappa shape index (κ2) is 7.31. The van der Waals surface area contributed by atoms with Crippen LogP contribution in [-0.2, 0) is 9.47 Å². The molecule has 4 nitrogen and oxygen atoms in total. The lowest BCUT2D eigenvalue weighted by molar-refractivity contribution is -0.101. The minimum absolute atomic E-state index is 0.158. The molecule has 2 atom stereocenters. The Kier molecular flexibility index (Phi) is 6.41. The summed E-state index contributed by atoms with van der Waals surface area (Å²) < 4.78 is 11.6. The Morgan fingerprint density at radius 1 is 1.41 bits per heavy atom. The van der Waals surface area contributed by atoms with Crippen molar-refractivity contribution in [3.63, 3.8) is 0 Å². The molecular formula is C13H28N2O2. The van der Waals surface area contributed by atoms with Crippen LogP contribution >= 0.6 is 0 Å². The van der Waals surface area contributed by atoms with Crippen molar-refractivity contribution < 1.29 is 9.47 Å². The molecule has 0 spiro atoms. The van der Waals surface area contributed by atoms with Crippen LogP contribution in [0.5, 0.6) is 0 Å². The van der Waals surface area contributed by atoms with Crippen molar-refractivity contribution in [3.8, 4) is 0 Å². The van der Waals surface area contributed by atoms with Crippen LogP contribution in [0.15, 0.2) is 0 Å². The van der Waals surface area contributed by atoms with Gasteiger partial charge in [-0.3, -0.25) is 11.3 Å². The van der Waals surface area contributed by atoms with Crippen LogP contribution in [0, 0.1) is 5.92 Å². The van der Waals surface area contributed by atoms with E-state index in [1.807, 2.05) is 6.92 Å². The standard InChI is InChI=1S/C13H28N2O2/c1-4-13(5-2,17-6-3)12(15-14)11-8-7-9-16-10-11/h11-12,15H,4-10,14H2,1-3H3.